The van der Waals surface area contributed by atoms with E-state index in [-0.39, 0.29) is 11.7 Å². The molecule has 132 valence electrons. The molecule has 2 aromatic rings. The molecule has 2 aliphatic heterocycles. The minimum atomic E-state index is -0.789. The van der Waals surface area contributed by atoms with E-state index in [1.807, 2.05) is 34.8 Å². The highest BCUT2D eigenvalue weighted by Gasteiger charge is 2.35. The average Bonchev–Trinajstić information content (AvgIpc) is 2.58. The first-order valence-corrected chi connectivity index (χ1v) is 8.95. The minimum absolute atomic E-state index is 0.208. The zero-order chi connectivity index (χ0) is 17.9. The molecule has 0 bridgehead atoms. The summed E-state index contributed by atoms with van der Waals surface area (Å²) in [6, 6.07) is -0.257. The van der Waals surface area contributed by atoms with Crippen molar-refractivity contribution in [1.82, 2.24) is 17.6 Å². The van der Waals surface area contributed by atoms with Gasteiger partial charge >= 0.3 is 5.69 Å². The number of hydrogen-bond acceptors (Lipinski definition) is 6. The first-order chi connectivity index (χ1) is 11.9. The van der Waals surface area contributed by atoms with Crippen LogP contribution in [0, 0.1) is 12.7 Å². The summed E-state index contributed by atoms with van der Waals surface area (Å²) >= 11 is 1.84. The van der Waals surface area contributed by atoms with Gasteiger partial charge in [0.1, 0.15) is 5.82 Å². The van der Waals surface area contributed by atoms with Gasteiger partial charge in [-0.05, 0) is 14.0 Å². The lowest BCUT2D eigenvalue weighted by Gasteiger charge is -2.43. The Balaban J connectivity index is 2.11. The van der Waals surface area contributed by atoms with Gasteiger partial charge < -0.3 is 14.9 Å². The fourth-order valence-corrected chi connectivity index (χ4v) is 3.99. The molecule has 7 nitrogen and oxygen atoms in total. The normalized spacial score (nSPS) is 24.8. The van der Waals surface area contributed by atoms with Gasteiger partial charge in [0.25, 0.3) is 0 Å². The topological polar surface area (TPSA) is 74.5 Å². The lowest BCUT2D eigenvalue weighted by molar-refractivity contribution is 0.141. The molecule has 1 saturated heterocycles. The minimum Gasteiger partial charge on any atom is -0.387 e. The van der Waals surface area contributed by atoms with E-state index in [2.05, 4.69) is 14.9 Å². The third-order valence-electron chi connectivity index (χ3n) is 4.85. The number of aryl methyl sites for hydroxylation is 1. The largest absolute Gasteiger partial charge is 0.387 e. The number of fused-ring (bicyclic) bond motifs is 2. The number of pyridine rings is 1. The molecule has 0 saturated carbocycles. The Morgan fingerprint density at radius 3 is 2.88 bits per heavy atom. The van der Waals surface area contributed by atoms with Crippen LogP contribution < -0.4 is 10.6 Å². The zero-order valence-electron chi connectivity index (χ0n) is 13.8. The molecule has 1 fully saturated rings. The Hall–Kier alpha value is -1.59. The van der Waals surface area contributed by atoms with Crippen LogP contribution in [0.1, 0.15) is 11.3 Å². The van der Waals surface area contributed by atoms with Gasteiger partial charge in [-0.2, -0.15) is 4.98 Å². The molecule has 4 heterocycles. The van der Waals surface area contributed by atoms with Crippen molar-refractivity contribution in [3.63, 3.8) is 0 Å². The lowest BCUT2D eigenvalue weighted by atomic mass is 9.99. The number of aliphatic hydroxyl groups is 1. The second kappa shape index (κ2) is 5.99. The number of nitrogens with zero attached hydrogens (tertiary/aromatic N) is 5. The van der Waals surface area contributed by atoms with Gasteiger partial charge in [-0.3, -0.25) is 0 Å². The van der Waals surface area contributed by atoms with Gasteiger partial charge in [0, 0.05) is 25.2 Å². The zero-order valence-corrected chi connectivity index (χ0v) is 15.9. The molecule has 2 atom stereocenters. The van der Waals surface area contributed by atoms with Gasteiger partial charge in [-0.1, -0.05) is 12.2 Å². The van der Waals surface area contributed by atoms with Crippen LogP contribution in [-0.4, -0.2) is 61.6 Å². The van der Waals surface area contributed by atoms with Crippen molar-refractivity contribution in [3.8, 4) is 0 Å². The summed E-state index contributed by atoms with van der Waals surface area (Å²) in [7, 11) is 1.98. The monoisotopic (exact) mass is 457 g/mol. The van der Waals surface area contributed by atoms with Crippen LogP contribution in [-0.2, 0) is 0 Å². The summed E-state index contributed by atoms with van der Waals surface area (Å²) in [6.45, 7) is 3.54. The molecule has 0 aromatic carbocycles. The van der Waals surface area contributed by atoms with Crippen LogP contribution in [0.4, 0.5) is 10.2 Å². The number of aromatic nitrogens is 3. The highest BCUT2D eigenvalue weighted by atomic mass is 127. The van der Waals surface area contributed by atoms with Crippen LogP contribution in [0.3, 0.4) is 0 Å². The molecule has 25 heavy (non-hydrogen) atoms. The summed E-state index contributed by atoms with van der Waals surface area (Å²) in [5, 5.41) is 11.1. The molecule has 0 spiro atoms. The molecular formula is C16H17FIN5O2. The van der Waals surface area contributed by atoms with Crippen LogP contribution in [0.25, 0.3) is 17.1 Å². The SMILES string of the molecule is Cc1nc2c3c(nc(=O)n2I)N2CCN(C)CC2C(O)/C=C\c3c1F. The molecule has 0 amide bonds. The second-order valence-corrected chi connectivity index (χ2v) is 7.46. The fourth-order valence-electron chi connectivity index (χ4n) is 3.53. The van der Waals surface area contributed by atoms with Gasteiger partial charge in [-0.25, -0.2) is 16.9 Å². The van der Waals surface area contributed by atoms with Crippen LogP contribution >= 0.6 is 22.9 Å². The molecule has 0 aliphatic carbocycles. The van der Waals surface area contributed by atoms with Crippen molar-refractivity contribution < 1.29 is 9.50 Å². The highest BCUT2D eigenvalue weighted by Crippen LogP contribution is 2.34. The van der Waals surface area contributed by atoms with Crippen molar-refractivity contribution >= 4 is 45.8 Å². The predicted octanol–water partition coefficient (Wildman–Crippen LogP) is 0.945. The van der Waals surface area contributed by atoms with E-state index in [1.165, 1.54) is 2.78 Å². The molecule has 2 aliphatic rings. The number of likely N-dealkylation sites (N-methyl/N-ethyl adjacent to an activating group) is 1. The maximum Gasteiger partial charge on any atom is 0.360 e. The number of rotatable bonds is 0. The molecule has 4 rings (SSSR count). The Labute approximate surface area is 157 Å². The molecule has 2 unspecified atom stereocenters. The number of hydrogen-bond donors (Lipinski definition) is 1. The number of piperazine rings is 1. The number of aliphatic hydroxyl groups excluding tert-OH is 1. The van der Waals surface area contributed by atoms with Crippen LogP contribution in [0.2, 0.25) is 0 Å². The Morgan fingerprint density at radius 2 is 2.12 bits per heavy atom. The smallest absolute Gasteiger partial charge is 0.360 e. The molecule has 9 heteroatoms. The Bertz CT molecular complexity index is 960. The first kappa shape index (κ1) is 16.9. The van der Waals surface area contributed by atoms with E-state index in [4.69, 9.17) is 0 Å². The van der Waals surface area contributed by atoms with Crippen molar-refractivity contribution in [2.75, 3.05) is 31.6 Å². The quantitative estimate of drug-likeness (QED) is 0.594. The third kappa shape index (κ3) is 2.56. The number of halogens is 2. The van der Waals surface area contributed by atoms with Gasteiger partial charge in [0.15, 0.2) is 11.5 Å². The van der Waals surface area contributed by atoms with E-state index in [1.54, 1.807) is 19.1 Å². The lowest BCUT2D eigenvalue weighted by Crippen LogP contribution is -2.57. The average molecular weight is 457 g/mol. The van der Waals surface area contributed by atoms with E-state index < -0.39 is 17.6 Å². The standard InChI is InChI=1S/C16H17FIN5O2/c1-8-13(17)9-3-4-11(24)10-7-21(2)5-6-22(10)14-12(9)15(19-8)23(18)16(25)20-14/h3-4,10-11,24H,5-7H2,1-2H3/b4-3-. The summed E-state index contributed by atoms with van der Waals surface area (Å²) in [6.07, 6.45) is 2.40. The summed E-state index contributed by atoms with van der Waals surface area (Å²) in [4.78, 5) is 24.9. The first-order valence-electron chi connectivity index (χ1n) is 7.99. The molecular weight excluding hydrogens is 440 g/mol. The van der Waals surface area contributed by atoms with Crippen molar-refractivity contribution in [1.29, 1.82) is 0 Å². The molecule has 2 aromatic heterocycles. The summed E-state index contributed by atoms with van der Waals surface area (Å²) < 4.78 is 16.1. The van der Waals surface area contributed by atoms with E-state index in [0.29, 0.717) is 35.5 Å². The maximum atomic E-state index is 14.8. The number of anilines is 1. The molecule has 0 radical (unpaired) electrons. The van der Waals surface area contributed by atoms with E-state index in [0.717, 1.165) is 6.54 Å². The fraction of sp³-hybridized carbons (Fsp3) is 0.438. The second-order valence-electron chi connectivity index (χ2n) is 6.49. The van der Waals surface area contributed by atoms with Crippen molar-refractivity contribution in [3.05, 3.63) is 33.6 Å². The summed E-state index contributed by atoms with van der Waals surface area (Å²) in [5.74, 6) is -0.0579. The van der Waals surface area contributed by atoms with Gasteiger partial charge in [-0.15, -0.1) is 0 Å². The predicted molar refractivity (Wildman–Crippen MR) is 102 cm³/mol. The van der Waals surface area contributed by atoms with Gasteiger partial charge in [0.05, 0.1) is 46.1 Å². The Morgan fingerprint density at radius 1 is 1.36 bits per heavy atom. The van der Waals surface area contributed by atoms with Crippen LogP contribution in [0.5, 0.6) is 0 Å². The maximum absolute atomic E-state index is 14.8. The van der Waals surface area contributed by atoms with Crippen LogP contribution in [0.15, 0.2) is 10.9 Å². The highest BCUT2D eigenvalue weighted by molar-refractivity contribution is 14.1. The van der Waals surface area contributed by atoms with Crippen molar-refractivity contribution in [2.24, 2.45) is 0 Å². The van der Waals surface area contributed by atoms with Crippen molar-refractivity contribution in [2.45, 2.75) is 19.1 Å². The third-order valence-corrected chi connectivity index (χ3v) is 5.72. The van der Waals surface area contributed by atoms with E-state index >= 15 is 0 Å². The Kier molecular flexibility index (Phi) is 4.04. The van der Waals surface area contributed by atoms with E-state index in [9.17, 15) is 14.3 Å². The van der Waals surface area contributed by atoms with Gasteiger partial charge in [0.2, 0.25) is 0 Å². The summed E-state index contributed by atoms with van der Waals surface area (Å²) in [5.41, 5.74) is 0.457. The molecule has 1 N–H and O–H groups in total.